The van der Waals surface area contributed by atoms with Gasteiger partial charge in [0.2, 0.25) is 0 Å². The van der Waals surface area contributed by atoms with Crippen molar-refractivity contribution in [3.8, 4) is 0 Å². The topological polar surface area (TPSA) is 50.9 Å². The number of nitrogens with zero attached hydrogens (tertiary/aromatic N) is 1. The summed E-state index contributed by atoms with van der Waals surface area (Å²) in [6.45, 7) is 0. The summed E-state index contributed by atoms with van der Waals surface area (Å²) in [6, 6.07) is 11.9. The highest BCUT2D eigenvalue weighted by Crippen LogP contribution is 2.21. The maximum atomic E-state index is 5.98. The summed E-state index contributed by atoms with van der Waals surface area (Å²) >= 11 is 5.98. The van der Waals surface area contributed by atoms with Crippen LogP contribution in [0.25, 0.3) is 0 Å². The monoisotopic (exact) mass is 261 g/mol. The van der Waals surface area contributed by atoms with Crippen molar-refractivity contribution in [2.45, 2.75) is 18.9 Å². The Morgan fingerprint density at radius 1 is 1.28 bits per heavy atom. The molecule has 0 saturated carbocycles. The van der Waals surface area contributed by atoms with Gasteiger partial charge in [-0.25, -0.2) is 0 Å². The van der Waals surface area contributed by atoms with Gasteiger partial charge in [0.15, 0.2) is 0 Å². The third-order valence-electron chi connectivity index (χ3n) is 2.90. The lowest BCUT2D eigenvalue weighted by Gasteiger charge is -2.16. The maximum Gasteiger partial charge on any atom is 0.0463 e. The Balaban J connectivity index is 2.02. The van der Waals surface area contributed by atoms with Crippen molar-refractivity contribution in [3.05, 3.63) is 64.9 Å². The molecule has 0 aliphatic rings. The van der Waals surface area contributed by atoms with Gasteiger partial charge in [0.05, 0.1) is 0 Å². The number of aryl methyl sites for hydroxylation is 1. The molecule has 1 heterocycles. The van der Waals surface area contributed by atoms with Crippen LogP contribution in [0.1, 0.15) is 23.6 Å². The van der Waals surface area contributed by atoms with E-state index in [4.69, 9.17) is 17.4 Å². The van der Waals surface area contributed by atoms with Crippen molar-refractivity contribution in [2.24, 2.45) is 5.84 Å². The fourth-order valence-electron chi connectivity index (χ4n) is 1.93. The van der Waals surface area contributed by atoms with Crippen LogP contribution in [0.15, 0.2) is 48.8 Å². The minimum Gasteiger partial charge on any atom is -0.271 e. The van der Waals surface area contributed by atoms with E-state index in [1.807, 2.05) is 36.5 Å². The first-order valence-electron chi connectivity index (χ1n) is 5.90. The number of rotatable bonds is 5. The molecule has 3 nitrogen and oxygen atoms in total. The summed E-state index contributed by atoms with van der Waals surface area (Å²) in [7, 11) is 0. The van der Waals surface area contributed by atoms with E-state index in [0.29, 0.717) is 0 Å². The van der Waals surface area contributed by atoms with E-state index in [1.54, 1.807) is 6.20 Å². The zero-order chi connectivity index (χ0) is 12.8. The predicted octanol–water partition coefficient (Wildman–Crippen LogP) is 2.87. The van der Waals surface area contributed by atoms with E-state index < -0.39 is 0 Å². The van der Waals surface area contributed by atoms with E-state index in [1.165, 1.54) is 5.56 Å². The van der Waals surface area contributed by atoms with Gasteiger partial charge in [-0.2, -0.15) is 0 Å². The zero-order valence-electron chi connectivity index (χ0n) is 10.0. The molecule has 0 aliphatic heterocycles. The Hall–Kier alpha value is -1.42. The Kier molecular flexibility index (Phi) is 4.70. The van der Waals surface area contributed by atoms with Gasteiger partial charge >= 0.3 is 0 Å². The molecule has 2 rings (SSSR count). The van der Waals surface area contributed by atoms with E-state index in [0.717, 1.165) is 23.4 Å². The highest BCUT2D eigenvalue weighted by atomic mass is 35.5. The average molecular weight is 262 g/mol. The fraction of sp³-hybridized carbons (Fsp3) is 0.214. The Bertz CT molecular complexity index is 487. The second-order valence-corrected chi connectivity index (χ2v) is 4.61. The minimum atomic E-state index is 0.101. The van der Waals surface area contributed by atoms with Crippen LogP contribution in [0.3, 0.4) is 0 Å². The second-order valence-electron chi connectivity index (χ2n) is 4.17. The molecule has 0 amide bonds. The Labute approximate surface area is 112 Å². The first-order chi connectivity index (χ1) is 8.79. The largest absolute Gasteiger partial charge is 0.271 e. The molecule has 94 valence electrons. The third kappa shape index (κ3) is 3.53. The maximum absolute atomic E-state index is 5.98. The van der Waals surface area contributed by atoms with Crippen molar-refractivity contribution in [1.29, 1.82) is 0 Å². The van der Waals surface area contributed by atoms with Crippen LogP contribution in [0.4, 0.5) is 0 Å². The molecule has 4 heteroatoms. The van der Waals surface area contributed by atoms with Crippen molar-refractivity contribution in [1.82, 2.24) is 10.4 Å². The van der Waals surface area contributed by atoms with Crippen molar-refractivity contribution in [2.75, 3.05) is 0 Å². The van der Waals surface area contributed by atoms with Crippen LogP contribution in [0.2, 0.25) is 5.02 Å². The van der Waals surface area contributed by atoms with Gasteiger partial charge in [-0.15, -0.1) is 0 Å². The molecule has 0 aliphatic carbocycles. The summed E-state index contributed by atoms with van der Waals surface area (Å²) in [5.74, 6) is 5.61. The van der Waals surface area contributed by atoms with Crippen LogP contribution < -0.4 is 11.3 Å². The van der Waals surface area contributed by atoms with Crippen molar-refractivity contribution in [3.63, 3.8) is 0 Å². The first kappa shape index (κ1) is 13.0. The number of pyridine rings is 1. The molecule has 3 N–H and O–H groups in total. The molecule has 1 aromatic carbocycles. The highest BCUT2D eigenvalue weighted by Gasteiger charge is 2.09. The number of aromatic nitrogens is 1. The summed E-state index contributed by atoms with van der Waals surface area (Å²) < 4.78 is 0. The van der Waals surface area contributed by atoms with E-state index in [2.05, 4.69) is 16.5 Å². The van der Waals surface area contributed by atoms with Crippen LogP contribution in [0, 0.1) is 0 Å². The smallest absolute Gasteiger partial charge is 0.0463 e. The van der Waals surface area contributed by atoms with Gasteiger partial charge in [-0.1, -0.05) is 29.8 Å². The zero-order valence-corrected chi connectivity index (χ0v) is 10.8. The van der Waals surface area contributed by atoms with Gasteiger partial charge < -0.3 is 0 Å². The third-order valence-corrected chi connectivity index (χ3v) is 3.13. The van der Waals surface area contributed by atoms with Gasteiger partial charge in [0, 0.05) is 23.5 Å². The number of nitrogens with two attached hydrogens (primary N) is 1. The van der Waals surface area contributed by atoms with Gasteiger partial charge in [-0.3, -0.25) is 16.3 Å². The van der Waals surface area contributed by atoms with E-state index >= 15 is 0 Å². The average Bonchev–Trinajstić information content (AvgIpc) is 2.41. The summed E-state index contributed by atoms with van der Waals surface area (Å²) in [4.78, 5) is 4.10. The molecule has 0 radical (unpaired) electrons. The molecular formula is C14H16ClN3. The first-order valence-corrected chi connectivity index (χ1v) is 6.28. The molecule has 1 atom stereocenters. The van der Waals surface area contributed by atoms with Gasteiger partial charge in [0.1, 0.15) is 0 Å². The molecule has 1 unspecified atom stereocenters. The fourth-order valence-corrected chi connectivity index (χ4v) is 2.13. The van der Waals surface area contributed by atoms with Crippen LogP contribution in [-0.4, -0.2) is 4.98 Å². The minimum absolute atomic E-state index is 0.101. The molecule has 18 heavy (non-hydrogen) atoms. The molecule has 0 saturated heterocycles. The number of benzene rings is 1. The van der Waals surface area contributed by atoms with E-state index in [9.17, 15) is 0 Å². The number of hydrogen-bond acceptors (Lipinski definition) is 3. The lowest BCUT2D eigenvalue weighted by molar-refractivity contribution is 0.516. The lowest BCUT2D eigenvalue weighted by Crippen LogP contribution is -2.28. The quantitative estimate of drug-likeness (QED) is 0.643. The predicted molar refractivity (Wildman–Crippen MR) is 74.1 cm³/mol. The van der Waals surface area contributed by atoms with E-state index in [-0.39, 0.29) is 6.04 Å². The van der Waals surface area contributed by atoms with Crippen molar-refractivity contribution >= 4 is 11.6 Å². The summed E-state index contributed by atoms with van der Waals surface area (Å²) in [5.41, 5.74) is 5.15. The summed E-state index contributed by atoms with van der Waals surface area (Å²) in [6.07, 6.45) is 5.49. The molecule has 2 aromatic rings. The highest BCUT2D eigenvalue weighted by molar-refractivity contribution is 6.30. The van der Waals surface area contributed by atoms with Gasteiger partial charge in [-0.05, 0) is 42.2 Å². The molecule has 0 bridgehead atoms. The molecular weight excluding hydrogens is 246 g/mol. The van der Waals surface area contributed by atoms with Crippen LogP contribution >= 0.6 is 11.6 Å². The van der Waals surface area contributed by atoms with Gasteiger partial charge in [0.25, 0.3) is 0 Å². The van der Waals surface area contributed by atoms with Crippen molar-refractivity contribution < 1.29 is 0 Å². The Morgan fingerprint density at radius 2 is 2.17 bits per heavy atom. The van der Waals surface area contributed by atoms with Crippen LogP contribution in [0.5, 0.6) is 0 Å². The standard InChI is InChI=1S/C14H16ClN3/c15-13-5-1-4-12(9-13)14(18-16)7-6-11-3-2-8-17-10-11/h1-5,8-10,14,18H,6-7,16H2. The number of nitrogens with one attached hydrogen (secondary N) is 1. The normalized spacial score (nSPS) is 12.3. The molecule has 1 aromatic heterocycles. The Morgan fingerprint density at radius 3 is 2.83 bits per heavy atom. The number of halogens is 1. The lowest BCUT2D eigenvalue weighted by atomic mass is 10.0. The number of hydrazine groups is 1. The van der Waals surface area contributed by atoms with Crippen LogP contribution in [-0.2, 0) is 6.42 Å². The number of hydrogen-bond donors (Lipinski definition) is 2. The molecule has 0 spiro atoms. The second kappa shape index (κ2) is 6.50. The SMILES string of the molecule is NNC(CCc1cccnc1)c1cccc(Cl)c1. The molecule has 0 fully saturated rings. The summed E-state index contributed by atoms with van der Waals surface area (Å²) in [5, 5.41) is 0.731.